The van der Waals surface area contributed by atoms with Crippen LogP contribution in [0.5, 0.6) is 0 Å². The van der Waals surface area contributed by atoms with E-state index in [1.165, 1.54) is 31.4 Å². The van der Waals surface area contributed by atoms with Gasteiger partial charge in [0.15, 0.2) is 4.80 Å². The number of ether oxygens (including phenoxy) is 1. The van der Waals surface area contributed by atoms with Crippen molar-refractivity contribution >= 4 is 54.4 Å². The number of hydrogen-bond donors (Lipinski definition) is 1. The van der Waals surface area contributed by atoms with Crippen molar-refractivity contribution < 1.29 is 27.2 Å². The molecule has 0 saturated heterocycles. The lowest BCUT2D eigenvalue weighted by Crippen LogP contribution is -2.21. The van der Waals surface area contributed by atoms with E-state index in [1.807, 2.05) is 0 Å². The second kappa shape index (κ2) is 8.73. The van der Waals surface area contributed by atoms with E-state index in [4.69, 9.17) is 9.56 Å². The van der Waals surface area contributed by atoms with Gasteiger partial charge in [-0.05, 0) is 30.3 Å². The molecular weight excluding hydrogens is 470 g/mol. The van der Waals surface area contributed by atoms with E-state index < -0.39 is 27.5 Å². The maximum atomic E-state index is 12.9. The molecular formula is C21H17N3O7S2. The molecule has 0 spiro atoms. The number of sulfonamides is 1. The summed E-state index contributed by atoms with van der Waals surface area (Å²) >= 11 is 1.02. The molecule has 12 heteroatoms. The summed E-state index contributed by atoms with van der Waals surface area (Å²) in [5.41, 5.74) is -0.213. The molecule has 0 unspecified atom stereocenters. The standard InChI is InChI=1S/C21H17N3O7S2/c1-30-18(25)8-9-24-15-7-6-13(33(22,28)29)11-17(15)32-21(24)23-19(26)14-10-12-4-2-3-5-16(12)31-20(14)27/h2-7,10-11H,8-9H2,1H3,(H2,22,28,29). The molecule has 2 aromatic heterocycles. The third kappa shape index (κ3) is 4.62. The minimum Gasteiger partial charge on any atom is -0.469 e. The first-order chi connectivity index (χ1) is 15.7. The molecule has 4 aromatic rings. The number of benzene rings is 2. The average Bonchev–Trinajstić information content (AvgIpc) is 3.12. The summed E-state index contributed by atoms with van der Waals surface area (Å²) in [7, 11) is -2.69. The monoisotopic (exact) mass is 487 g/mol. The first kappa shape index (κ1) is 22.6. The number of aromatic nitrogens is 1. The Morgan fingerprint density at radius 1 is 1.18 bits per heavy atom. The predicted molar refractivity (Wildman–Crippen MR) is 120 cm³/mol. The third-order valence-corrected chi connectivity index (χ3v) is 6.77. The first-order valence-corrected chi connectivity index (χ1v) is 11.9. The van der Waals surface area contributed by atoms with Crippen LogP contribution >= 0.6 is 11.3 Å². The van der Waals surface area contributed by atoms with Crippen LogP contribution in [0.1, 0.15) is 16.8 Å². The van der Waals surface area contributed by atoms with Crippen molar-refractivity contribution in [2.24, 2.45) is 10.1 Å². The number of amides is 1. The Morgan fingerprint density at radius 2 is 1.94 bits per heavy atom. The lowest BCUT2D eigenvalue weighted by molar-refractivity contribution is -0.140. The number of nitrogens with zero attached hydrogens (tertiary/aromatic N) is 2. The molecule has 0 atom stereocenters. The Labute approximate surface area is 190 Å². The van der Waals surface area contributed by atoms with E-state index >= 15 is 0 Å². The van der Waals surface area contributed by atoms with Gasteiger partial charge in [-0.25, -0.2) is 18.4 Å². The third-order valence-electron chi connectivity index (χ3n) is 4.82. The zero-order chi connectivity index (χ0) is 23.8. The fourth-order valence-corrected chi connectivity index (χ4v) is 4.90. The second-order valence-electron chi connectivity index (χ2n) is 6.94. The molecule has 0 aliphatic heterocycles. The highest BCUT2D eigenvalue weighted by Crippen LogP contribution is 2.22. The van der Waals surface area contributed by atoms with Gasteiger partial charge in [-0.3, -0.25) is 9.59 Å². The summed E-state index contributed by atoms with van der Waals surface area (Å²) in [5.74, 6) is -1.31. The zero-order valence-electron chi connectivity index (χ0n) is 17.2. The van der Waals surface area contributed by atoms with Crippen molar-refractivity contribution in [3.05, 3.63) is 69.3 Å². The Bertz CT molecular complexity index is 1650. The molecule has 1 amide bonds. The van der Waals surface area contributed by atoms with Gasteiger partial charge in [-0.2, -0.15) is 4.99 Å². The molecule has 0 saturated carbocycles. The number of methoxy groups -OCH3 is 1. The number of fused-ring (bicyclic) bond motifs is 2. The van der Waals surface area contributed by atoms with Gasteiger partial charge in [0.2, 0.25) is 10.0 Å². The summed E-state index contributed by atoms with van der Waals surface area (Å²) in [6, 6.07) is 12.3. The number of aryl methyl sites for hydroxylation is 1. The van der Waals surface area contributed by atoms with E-state index in [2.05, 4.69) is 9.73 Å². The quantitative estimate of drug-likeness (QED) is 0.333. The number of carbonyl (C=O) groups is 2. The van der Waals surface area contributed by atoms with Crippen LogP contribution in [0, 0.1) is 0 Å². The number of thiazole rings is 1. The molecule has 0 aliphatic rings. The number of para-hydroxylation sites is 1. The topological polar surface area (TPSA) is 151 Å². The number of primary sulfonamides is 1. The van der Waals surface area contributed by atoms with Crippen LogP contribution in [0.4, 0.5) is 0 Å². The van der Waals surface area contributed by atoms with Gasteiger partial charge < -0.3 is 13.7 Å². The minimum absolute atomic E-state index is 0.0151. The molecule has 2 aromatic carbocycles. The van der Waals surface area contributed by atoms with Crippen LogP contribution in [0.25, 0.3) is 21.2 Å². The first-order valence-electron chi connectivity index (χ1n) is 9.52. The van der Waals surface area contributed by atoms with E-state index in [9.17, 15) is 22.8 Å². The Kier molecular flexibility index (Phi) is 5.97. The molecule has 2 heterocycles. The van der Waals surface area contributed by atoms with E-state index in [1.54, 1.807) is 28.8 Å². The largest absolute Gasteiger partial charge is 0.469 e. The summed E-state index contributed by atoms with van der Waals surface area (Å²) < 4.78 is 35.4. The van der Waals surface area contributed by atoms with Crippen molar-refractivity contribution in [1.29, 1.82) is 0 Å². The summed E-state index contributed by atoms with van der Waals surface area (Å²) in [5, 5.41) is 5.77. The van der Waals surface area contributed by atoms with Crippen LogP contribution in [0.2, 0.25) is 0 Å². The molecule has 170 valence electrons. The molecule has 4 rings (SSSR count). The van der Waals surface area contributed by atoms with Crippen LogP contribution < -0.4 is 15.6 Å². The lowest BCUT2D eigenvalue weighted by Gasteiger charge is -2.05. The Hall–Kier alpha value is -3.61. The van der Waals surface area contributed by atoms with Gasteiger partial charge in [0.1, 0.15) is 11.1 Å². The van der Waals surface area contributed by atoms with Gasteiger partial charge in [0.25, 0.3) is 5.91 Å². The Balaban J connectivity index is 1.87. The van der Waals surface area contributed by atoms with E-state index in [-0.39, 0.29) is 28.2 Å². The summed E-state index contributed by atoms with van der Waals surface area (Å²) in [6.45, 7) is 0.111. The number of esters is 1. The SMILES string of the molecule is COC(=O)CCn1c(=NC(=O)c2cc3ccccc3oc2=O)sc2cc(S(N)(=O)=O)ccc21. The predicted octanol–water partition coefficient (Wildman–Crippen LogP) is 1.76. The van der Waals surface area contributed by atoms with Crippen LogP contribution in [-0.2, 0) is 26.1 Å². The minimum atomic E-state index is -3.95. The van der Waals surface area contributed by atoms with Gasteiger partial charge in [-0.15, -0.1) is 0 Å². The fraction of sp³-hybridized carbons (Fsp3) is 0.143. The van der Waals surface area contributed by atoms with E-state index in [0.29, 0.717) is 21.2 Å². The Morgan fingerprint density at radius 3 is 2.67 bits per heavy atom. The molecule has 0 aliphatic carbocycles. The smallest absolute Gasteiger partial charge is 0.349 e. The fourth-order valence-electron chi connectivity index (χ4n) is 3.20. The van der Waals surface area contributed by atoms with Crippen LogP contribution in [0.15, 0.2) is 67.6 Å². The summed E-state index contributed by atoms with van der Waals surface area (Å²) in [6.07, 6.45) is -0.0151. The van der Waals surface area contributed by atoms with Crippen LogP contribution in [0.3, 0.4) is 0 Å². The molecule has 10 nitrogen and oxygen atoms in total. The molecule has 2 N–H and O–H groups in total. The maximum absolute atomic E-state index is 12.9. The average molecular weight is 488 g/mol. The van der Waals surface area contributed by atoms with Crippen molar-refractivity contribution in [2.45, 2.75) is 17.9 Å². The number of nitrogens with two attached hydrogens (primary N) is 1. The lowest BCUT2D eigenvalue weighted by atomic mass is 10.2. The van der Waals surface area contributed by atoms with Gasteiger partial charge in [0.05, 0.1) is 28.6 Å². The van der Waals surface area contributed by atoms with Crippen molar-refractivity contribution in [3.63, 3.8) is 0 Å². The van der Waals surface area contributed by atoms with Crippen molar-refractivity contribution in [3.8, 4) is 0 Å². The van der Waals surface area contributed by atoms with Crippen LogP contribution in [-0.4, -0.2) is 32.0 Å². The molecule has 0 radical (unpaired) electrons. The zero-order valence-corrected chi connectivity index (χ0v) is 18.8. The van der Waals surface area contributed by atoms with Gasteiger partial charge >= 0.3 is 11.6 Å². The number of carbonyl (C=O) groups excluding carboxylic acids is 2. The second-order valence-corrected chi connectivity index (χ2v) is 9.51. The highest BCUT2D eigenvalue weighted by atomic mass is 32.2. The van der Waals surface area contributed by atoms with Gasteiger partial charge in [-0.1, -0.05) is 29.5 Å². The molecule has 33 heavy (non-hydrogen) atoms. The maximum Gasteiger partial charge on any atom is 0.349 e. The number of hydrogen-bond acceptors (Lipinski definition) is 8. The van der Waals surface area contributed by atoms with E-state index in [0.717, 1.165) is 11.3 Å². The highest BCUT2D eigenvalue weighted by molar-refractivity contribution is 7.89. The molecule has 0 fully saturated rings. The molecule has 0 bridgehead atoms. The van der Waals surface area contributed by atoms with Crippen molar-refractivity contribution in [1.82, 2.24) is 4.57 Å². The van der Waals surface area contributed by atoms with Gasteiger partial charge in [0, 0.05) is 11.9 Å². The summed E-state index contributed by atoms with van der Waals surface area (Å²) in [4.78, 5) is 41.0. The normalized spacial score (nSPS) is 12.4. The number of rotatable bonds is 5. The van der Waals surface area contributed by atoms with Crippen molar-refractivity contribution in [2.75, 3.05) is 7.11 Å². The highest BCUT2D eigenvalue weighted by Gasteiger charge is 2.17.